The Hall–Kier alpha value is -1.56. The molecule has 19 heavy (non-hydrogen) atoms. The lowest BCUT2D eigenvalue weighted by Crippen LogP contribution is -2.27. The lowest BCUT2D eigenvalue weighted by molar-refractivity contribution is -0.123. The molecule has 1 amide bonds. The van der Waals surface area contributed by atoms with Crippen molar-refractivity contribution in [1.29, 1.82) is 0 Å². The Labute approximate surface area is 114 Å². The minimum Gasteiger partial charge on any atom is -0.326 e. The van der Waals surface area contributed by atoms with Crippen molar-refractivity contribution in [2.45, 2.75) is 27.7 Å². The van der Waals surface area contributed by atoms with Crippen LogP contribution in [0.4, 0.5) is 11.4 Å². The van der Waals surface area contributed by atoms with Crippen molar-refractivity contribution in [2.75, 3.05) is 16.3 Å². The van der Waals surface area contributed by atoms with Crippen LogP contribution >= 0.6 is 0 Å². The second kappa shape index (κ2) is 5.21. The number of carbonyl (C=O) groups excluding carboxylic acids is 1. The normalized spacial score (nSPS) is 12.1. The fourth-order valence-electron chi connectivity index (χ4n) is 1.37. The summed E-state index contributed by atoms with van der Waals surface area (Å²) in [6, 6.07) is 5.04. The largest absolute Gasteiger partial charge is 0.326 e. The molecule has 0 heterocycles. The van der Waals surface area contributed by atoms with Gasteiger partial charge in [0.2, 0.25) is 15.9 Å². The molecular formula is C13H20N2O3S. The van der Waals surface area contributed by atoms with E-state index < -0.39 is 15.4 Å². The van der Waals surface area contributed by atoms with Crippen molar-refractivity contribution in [3.8, 4) is 0 Å². The molecule has 0 saturated heterocycles. The third-order valence-electron chi connectivity index (χ3n) is 2.46. The summed E-state index contributed by atoms with van der Waals surface area (Å²) in [5.41, 5.74) is 1.43. The van der Waals surface area contributed by atoms with E-state index in [1.807, 2.05) is 20.8 Å². The molecular weight excluding hydrogens is 264 g/mol. The van der Waals surface area contributed by atoms with Gasteiger partial charge in [-0.3, -0.25) is 9.52 Å². The summed E-state index contributed by atoms with van der Waals surface area (Å²) in [6.45, 7) is 7.26. The Morgan fingerprint density at radius 3 is 2.21 bits per heavy atom. The molecule has 0 saturated carbocycles. The second-order valence-corrected chi connectivity index (χ2v) is 7.36. The van der Waals surface area contributed by atoms with E-state index >= 15 is 0 Å². The van der Waals surface area contributed by atoms with Gasteiger partial charge in [0.25, 0.3) is 0 Å². The summed E-state index contributed by atoms with van der Waals surface area (Å²) >= 11 is 0. The number of hydrogen-bond acceptors (Lipinski definition) is 3. The number of sulfonamides is 1. The third-order valence-corrected chi connectivity index (χ3v) is 3.05. The predicted octanol–water partition coefficient (Wildman–Crippen LogP) is 2.35. The Bertz CT molecular complexity index is 586. The van der Waals surface area contributed by atoms with E-state index in [2.05, 4.69) is 10.0 Å². The molecule has 0 aliphatic heterocycles. The molecule has 0 atom stereocenters. The van der Waals surface area contributed by atoms with Gasteiger partial charge >= 0.3 is 0 Å². The van der Waals surface area contributed by atoms with Crippen LogP contribution in [-0.4, -0.2) is 20.6 Å². The van der Waals surface area contributed by atoms with Crippen molar-refractivity contribution < 1.29 is 13.2 Å². The van der Waals surface area contributed by atoms with Crippen LogP contribution in [0.25, 0.3) is 0 Å². The van der Waals surface area contributed by atoms with Gasteiger partial charge in [-0.05, 0) is 30.7 Å². The van der Waals surface area contributed by atoms with Crippen LogP contribution in [0.2, 0.25) is 0 Å². The van der Waals surface area contributed by atoms with Gasteiger partial charge in [-0.15, -0.1) is 0 Å². The molecule has 0 unspecified atom stereocenters. The van der Waals surface area contributed by atoms with E-state index in [-0.39, 0.29) is 5.91 Å². The minimum absolute atomic E-state index is 0.0873. The van der Waals surface area contributed by atoms with Gasteiger partial charge in [0, 0.05) is 11.1 Å². The molecule has 1 aromatic rings. The van der Waals surface area contributed by atoms with Gasteiger partial charge in [0.1, 0.15) is 0 Å². The first-order valence-electron chi connectivity index (χ1n) is 5.89. The highest BCUT2D eigenvalue weighted by Gasteiger charge is 2.21. The zero-order valence-electron chi connectivity index (χ0n) is 11.9. The van der Waals surface area contributed by atoms with Crippen LogP contribution in [0.1, 0.15) is 26.3 Å². The molecule has 106 valence electrons. The summed E-state index contributed by atoms with van der Waals surface area (Å²) in [5.74, 6) is -0.0873. The van der Waals surface area contributed by atoms with E-state index in [4.69, 9.17) is 0 Å². The molecule has 2 N–H and O–H groups in total. The van der Waals surface area contributed by atoms with E-state index in [0.717, 1.165) is 11.8 Å². The van der Waals surface area contributed by atoms with Crippen LogP contribution in [0.5, 0.6) is 0 Å². The lowest BCUT2D eigenvalue weighted by atomic mass is 9.95. The highest BCUT2D eigenvalue weighted by atomic mass is 32.2. The molecule has 6 heteroatoms. The monoisotopic (exact) mass is 284 g/mol. The highest BCUT2D eigenvalue weighted by Crippen LogP contribution is 2.22. The summed E-state index contributed by atoms with van der Waals surface area (Å²) in [6.07, 6.45) is 1.10. The van der Waals surface area contributed by atoms with Crippen molar-refractivity contribution in [3.05, 3.63) is 23.8 Å². The van der Waals surface area contributed by atoms with E-state index in [9.17, 15) is 13.2 Å². The van der Waals surface area contributed by atoms with E-state index in [1.165, 1.54) is 0 Å². The van der Waals surface area contributed by atoms with Crippen molar-refractivity contribution in [1.82, 2.24) is 0 Å². The first-order chi connectivity index (χ1) is 8.49. The van der Waals surface area contributed by atoms with Gasteiger partial charge < -0.3 is 5.32 Å². The molecule has 0 fully saturated rings. The Morgan fingerprint density at radius 1 is 1.21 bits per heavy atom. The number of rotatable bonds is 3. The summed E-state index contributed by atoms with van der Waals surface area (Å²) in [7, 11) is -3.30. The zero-order valence-corrected chi connectivity index (χ0v) is 12.7. The summed E-state index contributed by atoms with van der Waals surface area (Å²) in [5, 5.41) is 2.80. The summed E-state index contributed by atoms with van der Waals surface area (Å²) < 4.78 is 24.8. The molecule has 1 aromatic carbocycles. The Morgan fingerprint density at radius 2 is 1.79 bits per heavy atom. The number of amides is 1. The summed E-state index contributed by atoms with van der Waals surface area (Å²) in [4.78, 5) is 11.8. The van der Waals surface area contributed by atoms with Crippen molar-refractivity contribution >= 4 is 27.3 Å². The minimum atomic E-state index is -3.30. The first kappa shape index (κ1) is 15.5. The lowest BCUT2D eigenvalue weighted by Gasteiger charge is -2.18. The van der Waals surface area contributed by atoms with E-state index in [1.54, 1.807) is 25.1 Å². The SMILES string of the molecule is Cc1cc(NC(=O)C(C)(C)C)ccc1NS(C)(=O)=O. The third kappa shape index (κ3) is 4.90. The smallest absolute Gasteiger partial charge is 0.229 e. The zero-order chi connectivity index (χ0) is 14.8. The maximum atomic E-state index is 11.8. The molecule has 0 radical (unpaired) electrons. The van der Waals surface area contributed by atoms with Gasteiger partial charge in [-0.1, -0.05) is 20.8 Å². The second-order valence-electron chi connectivity index (χ2n) is 5.61. The van der Waals surface area contributed by atoms with Gasteiger partial charge in [-0.25, -0.2) is 8.42 Å². The number of hydrogen-bond donors (Lipinski definition) is 2. The molecule has 1 rings (SSSR count). The molecule has 5 nitrogen and oxygen atoms in total. The first-order valence-corrected chi connectivity index (χ1v) is 7.78. The quantitative estimate of drug-likeness (QED) is 0.894. The van der Waals surface area contributed by atoms with Crippen LogP contribution in [0, 0.1) is 12.3 Å². The average molecular weight is 284 g/mol. The Balaban J connectivity index is 2.92. The molecule has 0 aliphatic carbocycles. The number of aryl methyl sites for hydroxylation is 1. The van der Waals surface area contributed by atoms with Gasteiger partial charge in [-0.2, -0.15) is 0 Å². The van der Waals surface area contributed by atoms with Gasteiger partial charge in [0.05, 0.1) is 11.9 Å². The maximum Gasteiger partial charge on any atom is 0.229 e. The van der Waals surface area contributed by atoms with Crippen molar-refractivity contribution in [3.63, 3.8) is 0 Å². The average Bonchev–Trinajstić information content (AvgIpc) is 2.19. The molecule has 0 bridgehead atoms. The topological polar surface area (TPSA) is 75.3 Å². The number of nitrogens with one attached hydrogen (secondary N) is 2. The molecule has 0 spiro atoms. The van der Waals surface area contributed by atoms with Crippen LogP contribution in [0.3, 0.4) is 0 Å². The van der Waals surface area contributed by atoms with Crippen LogP contribution in [-0.2, 0) is 14.8 Å². The maximum absolute atomic E-state index is 11.8. The highest BCUT2D eigenvalue weighted by molar-refractivity contribution is 7.92. The number of anilines is 2. The van der Waals surface area contributed by atoms with E-state index in [0.29, 0.717) is 11.4 Å². The predicted molar refractivity (Wildman–Crippen MR) is 77.7 cm³/mol. The van der Waals surface area contributed by atoms with Crippen LogP contribution < -0.4 is 10.0 Å². The fraction of sp³-hybridized carbons (Fsp3) is 0.462. The van der Waals surface area contributed by atoms with Gasteiger partial charge in [0.15, 0.2) is 0 Å². The standard InChI is InChI=1S/C13H20N2O3S/c1-9-8-10(14-12(16)13(2,3)4)6-7-11(9)15-19(5,17)18/h6-8,15H,1-5H3,(H,14,16). The molecule has 0 aliphatic rings. The Kier molecular flexibility index (Phi) is 4.25. The number of benzene rings is 1. The fourth-order valence-corrected chi connectivity index (χ4v) is 2.00. The number of carbonyl (C=O) groups is 1. The molecule has 0 aromatic heterocycles. The van der Waals surface area contributed by atoms with Crippen molar-refractivity contribution in [2.24, 2.45) is 5.41 Å². The van der Waals surface area contributed by atoms with Crippen LogP contribution in [0.15, 0.2) is 18.2 Å².